The van der Waals surface area contributed by atoms with Crippen LogP contribution in [0.1, 0.15) is 77.1 Å². The molecule has 0 saturated carbocycles. The molecule has 0 amide bonds. The summed E-state index contributed by atoms with van der Waals surface area (Å²) in [6, 6.07) is 16.5. The number of phenols is 1. The van der Waals surface area contributed by atoms with E-state index in [2.05, 4.69) is 44.8 Å². The first-order chi connectivity index (χ1) is 16.9. The number of nitrogens with zero attached hydrogens (tertiary/aromatic N) is 2. The minimum atomic E-state index is -4.54. The van der Waals surface area contributed by atoms with Crippen LogP contribution < -0.4 is 0 Å². The third-order valence-corrected chi connectivity index (χ3v) is 6.87. The zero-order valence-corrected chi connectivity index (χ0v) is 23.1. The molecule has 0 aromatic heterocycles. The molecule has 0 atom stereocenters. The largest absolute Gasteiger partial charge is 0.505 e. The van der Waals surface area contributed by atoms with E-state index in [1.54, 1.807) is 6.07 Å². The Morgan fingerprint density at radius 1 is 0.730 bits per heavy atom. The van der Waals surface area contributed by atoms with Gasteiger partial charge >= 0.3 is 6.18 Å². The van der Waals surface area contributed by atoms with Crippen LogP contribution in [0.2, 0.25) is 5.02 Å². The second kappa shape index (κ2) is 10.1. The average molecular weight is 531 g/mol. The SMILES string of the molecule is CC(C)(C)CC(C)(C)c1cc(N=Nc2cc(C(F)(F)F)ccc2Cl)c(O)c(C(C)(C)c2ccccc2)c1. The lowest BCUT2D eigenvalue weighted by Gasteiger charge is -2.35. The highest BCUT2D eigenvalue weighted by molar-refractivity contribution is 6.33. The molecule has 3 aromatic carbocycles. The van der Waals surface area contributed by atoms with Gasteiger partial charge < -0.3 is 5.11 Å². The van der Waals surface area contributed by atoms with E-state index in [0.29, 0.717) is 5.56 Å². The van der Waals surface area contributed by atoms with Gasteiger partial charge in [0.1, 0.15) is 17.1 Å². The first-order valence-corrected chi connectivity index (χ1v) is 12.5. The van der Waals surface area contributed by atoms with Crippen LogP contribution in [-0.2, 0) is 17.0 Å². The van der Waals surface area contributed by atoms with E-state index in [1.165, 1.54) is 0 Å². The normalized spacial score (nSPS) is 13.4. The van der Waals surface area contributed by atoms with Gasteiger partial charge in [-0.2, -0.15) is 13.2 Å². The maximum absolute atomic E-state index is 13.2. The van der Waals surface area contributed by atoms with Crippen molar-refractivity contribution >= 4 is 23.0 Å². The van der Waals surface area contributed by atoms with Gasteiger partial charge in [-0.3, -0.25) is 0 Å². The number of azo groups is 1. The average Bonchev–Trinajstić information content (AvgIpc) is 2.77. The molecule has 0 saturated heterocycles. The Balaban J connectivity index is 2.21. The number of hydrogen-bond donors (Lipinski definition) is 1. The van der Waals surface area contributed by atoms with Crippen molar-refractivity contribution in [1.82, 2.24) is 0 Å². The zero-order chi connectivity index (χ0) is 27.8. The lowest BCUT2D eigenvalue weighted by Crippen LogP contribution is -2.26. The Labute approximate surface area is 222 Å². The van der Waals surface area contributed by atoms with Crippen LogP contribution in [0.15, 0.2) is 70.9 Å². The van der Waals surface area contributed by atoms with Gasteiger partial charge in [0, 0.05) is 11.0 Å². The molecule has 0 spiro atoms. The van der Waals surface area contributed by atoms with Gasteiger partial charge in [-0.25, -0.2) is 0 Å². The first kappa shape index (κ1) is 28.7. The molecule has 0 aliphatic heterocycles. The van der Waals surface area contributed by atoms with Crippen LogP contribution in [0.4, 0.5) is 24.5 Å². The molecule has 37 heavy (non-hydrogen) atoms. The quantitative estimate of drug-likeness (QED) is 0.316. The van der Waals surface area contributed by atoms with Crippen LogP contribution in [0.25, 0.3) is 0 Å². The van der Waals surface area contributed by atoms with E-state index in [9.17, 15) is 18.3 Å². The van der Waals surface area contributed by atoms with Gasteiger partial charge in [0.05, 0.1) is 10.6 Å². The van der Waals surface area contributed by atoms with Crippen LogP contribution in [0.5, 0.6) is 5.75 Å². The summed E-state index contributed by atoms with van der Waals surface area (Å²) in [6.45, 7) is 14.8. The molecule has 0 radical (unpaired) electrons. The van der Waals surface area contributed by atoms with Crippen molar-refractivity contribution in [2.75, 3.05) is 0 Å². The van der Waals surface area contributed by atoms with Crippen LogP contribution in [0.3, 0.4) is 0 Å². The second-order valence-corrected chi connectivity index (χ2v) is 12.3. The topological polar surface area (TPSA) is 45.0 Å². The highest BCUT2D eigenvalue weighted by Gasteiger charge is 2.34. The third-order valence-electron chi connectivity index (χ3n) is 6.55. The van der Waals surface area contributed by atoms with E-state index in [-0.39, 0.29) is 33.0 Å². The summed E-state index contributed by atoms with van der Waals surface area (Å²) in [6.07, 6.45) is -3.69. The molecule has 1 N–H and O–H groups in total. The van der Waals surface area contributed by atoms with Crippen molar-refractivity contribution in [2.24, 2.45) is 15.6 Å². The number of hydrogen-bond acceptors (Lipinski definition) is 3. The molecule has 3 aromatic rings. The van der Waals surface area contributed by atoms with Gasteiger partial charge in [0.15, 0.2) is 0 Å². The number of phenolic OH excluding ortho intramolecular Hbond substituents is 1. The molecule has 0 aliphatic carbocycles. The molecular weight excluding hydrogens is 497 g/mol. The summed E-state index contributed by atoms with van der Waals surface area (Å²) in [5, 5.41) is 19.7. The summed E-state index contributed by atoms with van der Waals surface area (Å²) in [5.74, 6) is -0.0731. The molecule has 0 fully saturated rings. The maximum atomic E-state index is 13.2. The Hall–Kier alpha value is -2.86. The van der Waals surface area contributed by atoms with Crippen molar-refractivity contribution < 1.29 is 18.3 Å². The van der Waals surface area contributed by atoms with Crippen molar-refractivity contribution in [3.63, 3.8) is 0 Å². The van der Waals surface area contributed by atoms with Crippen molar-refractivity contribution in [3.8, 4) is 5.75 Å². The second-order valence-electron chi connectivity index (χ2n) is 11.9. The molecule has 0 unspecified atom stereocenters. The Bertz CT molecular complexity index is 1290. The standard InChI is InChI=1S/C30H34ClF3N2O/c1-27(2,3)18-28(4,5)21-15-22(29(6,7)19-11-9-8-10-12-19)26(37)25(17-21)36-35-24-16-20(30(32,33)34)13-14-23(24)31/h8-17,37H,18H2,1-7H3. The monoisotopic (exact) mass is 530 g/mol. The predicted molar refractivity (Wildman–Crippen MR) is 144 cm³/mol. The van der Waals surface area contributed by atoms with E-state index in [1.807, 2.05) is 50.2 Å². The predicted octanol–water partition coefficient (Wildman–Crippen LogP) is 10.5. The van der Waals surface area contributed by atoms with Crippen LogP contribution in [-0.4, -0.2) is 5.11 Å². The molecule has 0 heterocycles. The Morgan fingerprint density at radius 3 is 1.86 bits per heavy atom. The van der Waals surface area contributed by atoms with Crippen LogP contribution >= 0.6 is 11.6 Å². The summed E-state index contributed by atoms with van der Waals surface area (Å²) in [4.78, 5) is 0. The lowest BCUT2D eigenvalue weighted by molar-refractivity contribution is -0.137. The zero-order valence-electron chi connectivity index (χ0n) is 22.3. The fourth-order valence-electron chi connectivity index (χ4n) is 4.87. The minimum Gasteiger partial charge on any atom is -0.505 e. The molecule has 3 nitrogen and oxygen atoms in total. The number of alkyl halides is 3. The molecule has 198 valence electrons. The van der Waals surface area contributed by atoms with E-state index in [4.69, 9.17) is 11.6 Å². The third kappa shape index (κ3) is 6.72. The summed E-state index contributed by atoms with van der Waals surface area (Å²) in [5.41, 5.74) is 0.935. The maximum Gasteiger partial charge on any atom is 0.416 e. The minimum absolute atomic E-state index is 0.0315. The summed E-state index contributed by atoms with van der Waals surface area (Å²) < 4.78 is 39.7. The van der Waals surface area contributed by atoms with Gasteiger partial charge in [-0.15, -0.1) is 10.2 Å². The Morgan fingerprint density at radius 2 is 1.30 bits per heavy atom. The van der Waals surface area contributed by atoms with Gasteiger partial charge in [-0.1, -0.05) is 96.5 Å². The first-order valence-electron chi connectivity index (χ1n) is 12.1. The molecule has 0 bridgehead atoms. The number of benzene rings is 3. The van der Waals surface area contributed by atoms with E-state index >= 15 is 0 Å². The molecule has 7 heteroatoms. The Kier molecular flexibility index (Phi) is 7.86. The van der Waals surface area contributed by atoms with E-state index < -0.39 is 17.2 Å². The van der Waals surface area contributed by atoms with Gasteiger partial charge in [0.2, 0.25) is 0 Å². The summed E-state index contributed by atoms with van der Waals surface area (Å²) in [7, 11) is 0. The van der Waals surface area contributed by atoms with Gasteiger partial charge in [0.25, 0.3) is 0 Å². The fourth-order valence-corrected chi connectivity index (χ4v) is 5.03. The van der Waals surface area contributed by atoms with E-state index in [0.717, 1.165) is 35.7 Å². The molecule has 0 aliphatic rings. The van der Waals surface area contributed by atoms with Gasteiger partial charge in [-0.05, 0) is 52.6 Å². The van der Waals surface area contributed by atoms with Crippen molar-refractivity contribution in [3.05, 3.63) is 87.9 Å². The molecule has 3 rings (SSSR count). The highest BCUT2D eigenvalue weighted by Crippen LogP contribution is 2.47. The summed E-state index contributed by atoms with van der Waals surface area (Å²) >= 11 is 6.13. The number of aromatic hydroxyl groups is 1. The molecular formula is C30H34ClF3N2O. The fraction of sp³-hybridized carbons (Fsp3) is 0.400. The van der Waals surface area contributed by atoms with Crippen molar-refractivity contribution in [1.29, 1.82) is 0 Å². The number of halogens is 4. The lowest BCUT2D eigenvalue weighted by atomic mass is 9.70. The smallest absolute Gasteiger partial charge is 0.416 e. The van der Waals surface area contributed by atoms with Crippen LogP contribution in [0, 0.1) is 5.41 Å². The number of rotatable bonds is 6. The van der Waals surface area contributed by atoms with Crippen molar-refractivity contribution in [2.45, 2.75) is 71.9 Å². The highest BCUT2D eigenvalue weighted by atomic mass is 35.5.